The van der Waals surface area contributed by atoms with Crippen LogP contribution in [0.25, 0.3) is 0 Å². The summed E-state index contributed by atoms with van der Waals surface area (Å²) in [6.45, 7) is 7.54. The quantitative estimate of drug-likeness (QED) is 0.813. The van der Waals surface area contributed by atoms with Crippen LogP contribution >= 0.6 is 0 Å². The van der Waals surface area contributed by atoms with Crippen molar-refractivity contribution in [2.75, 3.05) is 18.0 Å². The van der Waals surface area contributed by atoms with Crippen LogP contribution in [-0.2, 0) is 13.0 Å². The molecule has 4 nitrogen and oxygen atoms in total. The van der Waals surface area contributed by atoms with Crippen molar-refractivity contribution in [3.05, 3.63) is 47.5 Å². The molecular formula is C20H30N4. The van der Waals surface area contributed by atoms with Crippen molar-refractivity contribution in [2.24, 2.45) is 0 Å². The maximum absolute atomic E-state index is 4.47. The number of imidazole rings is 1. The molecule has 0 saturated carbocycles. The number of hydrogen-bond donors (Lipinski definition) is 2. The number of piperidine rings is 1. The summed E-state index contributed by atoms with van der Waals surface area (Å²) >= 11 is 0. The van der Waals surface area contributed by atoms with Crippen LogP contribution in [0.1, 0.15) is 49.7 Å². The van der Waals surface area contributed by atoms with E-state index in [4.69, 9.17) is 0 Å². The second-order valence-electron chi connectivity index (χ2n) is 6.94. The van der Waals surface area contributed by atoms with Gasteiger partial charge in [0.25, 0.3) is 0 Å². The van der Waals surface area contributed by atoms with Gasteiger partial charge in [-0.1, -0.05) is 25.5 Å². The highest BCUT2D eigenvalue weighted by molar-refractivity contribution is 5.48. The molecule has 1 aromatic heterocycles. The first-order valence-corrected chi connectivity index (χ1v) is 9.32. The fourth-order valence-corrected chi connectivity index (χ4v) is 3.39. The average molecular weight is 326 g/mol. The molecule has 1 saturated heterocycles. The lowest BCUT2D eigenvalue weighted by Crippen LogP contribution is -2.42. The van der Waals surface area contributed by atoms with Gasteiger partial charge < -0.3 is 15.2 Å². The molecule has 0 aliphatic carbocycles. The smallest absolute Gasteiger partial charge is 0.106 e. The molecule has 4 heteroatoms. The summed E-state index contributed by atoms with van der Waals surface area (Å²) in [5.41, 5.74) is 3.91. The van der Waals surface area contributed by atoms with E-state index in [0.29, 0.717) is 6.04 Å². The number of aryl methyl sites for hydroxylation is 2. The van der Waals surface area contributed by atoms with Gasteiger partial charge in [0.15, 0.2) is 0 Å². The van der Waals surface area contributed by atoms with E-state index in [9.17, 15) is 0 Å². The SMILES string of the molecule is CCCCc1ncc(CNC2CCN(c3cccc(C)c3)CC2)[nH]1. The summed E-state index contributed by atoms with van der Waals surface area (Å²) in [7, 11) is 0. The van der Waals surface area contributed by atoms with Crippen molar-refractivity contribution in [2.45, 2.75) is 58.5 Å². The minimum absolute atomic E-state index is 0.605. The number of anilines is 1. The zero-order valence-electron chi connectivity index (χ0n) is 15.0. The molecule has 0 spiro atoms. The molecule has 1 fully saturated rings. The Morgan fingerprint density at radius 1 is 1.29 bits per heavy atom. The Labute approximate surface area is 145 Å². The molecule has 1 aromatic carbocycles. The maximum Gasteiger partial charge on any atom is 0.106 e. The number of rotatable bonds is 7. The third kappa shape index (κ3) is 4.60. The Hall–Kier alpha value is -1.81. The number of H-pyrrole nitrogens is 1. The molecule has 1 aliphatic heterocycles. The van der Waals surface area contributed by atoms with E-state index in [2.05, 4.69) is 58.3 Å². The molecule has 0 atom stereocenters. The van der Waals surface area contributed by atoms with Gasteiger partial charge in [-0.05, 0) is 43.9 Å². The van der Waals surface area contributed by atoms with E-state index in [1.807, 2.05) is 6.20 Å². The van der Waals surface area contributed by atoms with E-state index >= 15 is 0 Å². The summed E-state index contributed by atoms with van der Waals surface area (Å²) in [5, 5.41) is 3.69. The third-order valence-corrected chi connectivity index (χ3v) is 4.89. The van der Waals surface area contributed by atoms with Crippen molar-refractivity contribution in [1.29, 1.82) is 0 Å². The van der Waals surface area contributed by atoms with Crippen molar-refractivity contribution in [1.82, 2.24) is 15.3 Å². The minimum atomic E-state index is 0.605. The van der Waals surface area contributed by atoms with Gasteiger partial charge in [-0.2, -0.15) is 0 Å². The number of hydrogen-bond acceptors (Lipinski definition) is 3. The van der Waals surface area contributed by atoms with E-state index in [1.54, 1.807) is 0 Å². The first-order chi connectivity index (χ1) is 11.7. The summed E-state index contributed by atoms with van der Waals surface area (Å²) in [6.07, 6.45) is 7.87. The standard InChI is InChI=1S/C20H30N4/c1-3-4-8-20-22-15-18(23-20)14-21-17-9-11-24(12-10-17)19-7-5-6-16(2)13-19/h5-7,13,15,17,21H,3-4,8-12,14H2,1-2H3,(H,22,23). The van der Waals surface area contributed by atoms with Crippen molar-refractivity contribution in [3.63, 3.8) is 0 Å². The first-order valence-electron chi connectivity index (χ1n) is 9.32. The number of aromatic amines is 1. The number of nitrogens with one attached hydrogen (secondary N) is 2. The molecular weight excluding hydrogens is 296 g/mol. The van der Waals surface area contributed by atoms with E-state index in [-0.39, 0.29) is 0 Å². The Morgan fingerprint density at radius 2 is 2.12 bits per heavy atom. The second kappa shape index (κ2) is 8.34. The third-order valence-electron chi connectivity index (χ3n) is 4.89. The van der Waals surface area contributed by atoms with Gasteiger partial charge in [0.1, 0.15) is 5.82 Å². The number of unbranched alkanes of at least 4 members (excludes halogenated alkanes) is 1. The van der Waals surface area contributed by atoms with Gasteiger partial charge in [0.05, 0.1) is 0 Å². The lowest BCUT2D eigenvalue weighted by atomic mass is 10.0. The molecule has 3 rings (SSSR count). The highest BCUT2D eigenvalue weighted by atomic mass is 15.1. The fourth-order valence-electron chi connectivity index (χ4n) is 3.39. The Balaban J connectivity index is 1.43. The normalized spacial score (nSPS) is 15.8. The van der Waals surface area contributed by atoms with Crippen molar-refractivity contribution < 1.29 is 0 Å². The fraction of sp³-hybridized carbons (Fsp3) is 0.550. The minimum Gasteiger partial charge on any atom is -0.371 e. The molecule has 24 heavy (non-hydrogen) atoms. The van der Waals surface area contributed by atoms with Crippen molar-refractivity contribution in [3.8, 4) is 0 Å². The van der Waals surface area contributed by atoms with Crippen LogP contribution in [0, 0.1) is 6.92 Å². The van der Waals surface area contributed by atoms with Crippen LogP contribution < -0.4 is 10.2 Å². The molecule has 1 aliphatic rings. The van der Waals surface area contributed by atoms with Gasteiger partial charge in [-0.3, -0.25) is 0 Å². The largest absolute Gasteiger partial charge is 0.371 e. The van der Waals surface area contributed by atoms with Gasteiger partial charge in [-0.15, -0.1) is 0 Å². The predicted molar refractivity (Wildman–Crippen MR) is 100 cm³/mol. The van der Waals surface area contributed by atoms with E-state index in [0.717, 1.165) is 31.9 Å². The summed E-state index contributed by atoms with van der Waals surface area (Å²) in [5.74, 6) is 1.13. The zero-order chi connectivity index (χ0) is 16.8. The highest BCUT2D eigenvalue weighted by Gasteiger charge is 2.19. The van der Waals surface area contributed by atoms with Gasteiger partial charge in [0.2, 0.25) is 0 Å². The number of benzene rings is 1. The first kappa shape index (κ1) is 17.0. The Morgan fingerprint density at radius 3 is 2.88 bits per heavy atom. The molecule has 0 unspecified atom stereocenters. The Kier molecular flexibility index (Phi) is 5.91. The van der Waals surface area contributed by atoms with Crippen LogP contribution in [0.2, 0.25) is 0 Å². The second-order valence-corrected chi connectivity index (χ2v) is 6.94. The monoisotopic (exact) mass is 326 g/mol. The maximum atomic E-state index is 4.47. The van der Waals surface area contributed by atoms with Crippen LogP contribution in [0.3, 0.4) is 0 Å². The summed E-state index contributed by atoms with van der Waals surface area (Å²) < 4.78 is 0. The van der Waals surface area contributed by atoms with Crippen LogP contribution in [0.15, 0.2) is 30.5 Å². The van der Waals surface area contributed by atoms with Crippen LogP contribution in [-0.4, -0.2) is 29.1 Å². The van der Waals surface area contributed by atoms with Crippen LogP contribution in [0.5, 0.6) is 0 Å². The van der Waals surface area contributed by atoms with Crippen molar-refractivity contribution >= 4 is 5.69 Å². The molecule has 0 amide bonds. The highest BCUT2D eigenvalue weighted by Crippen LogP contribution is 2.21. The van der Waals surface area contributed by atoms with E-state index < -0.39 is 0 Å². The lowest BCUT2D eigenvalue weighted by Gasteiger charge is -2.34. The van der Waals surface area contributed by atoms with E-state index in [1.165, 1.54) is 42.6 Å². The number of aromatic nitrogens is 2. The van der Waals surface area contributed by atoms with Gasteiger partial charge in [-0.25, -0.2) is 4.98 Å². The zero-order valence-corrected chi connectivity index (χ0v) is 15.0. The average Bonchev–Trinajstić information content (AvgIpc) is 3.06. The molecule has 2 heterocycles. The molecule has 2 N–H and O–H groups in total. The van der Waals surface area contributed by atoms with Gasteiger partial charge in [0, 0.05) is 49.7 Å². The lowest BCUT2D eigenvalue weighted by molar-refractivity contribution is 0.412. The molecule has 0 bridgehead atoms. The topological polar surface area (TPSA) is 44.0 Å². The molecule has 2 aromatic rings. The molecule has 130 valence electrons. The van der Waals surface area contributed by atoms with Gasteiger partial charge >= 0.3 is 0 Å². The summed E-state index contributed by atoms with van der Waals surface area (Å²) in [6, 6.07) is 9.44. The Bertz CT molecular complexity index is 626. The number of nitrogens with zero attached hydrogens (tertiary/aromatic N) is 2. The summed E-state index contributed by atoms with van der Waals surface area (Å²) in [4.78, 5) is 10.4. The molecule has 0 radical (unpaired) electrons. The predicted octanol–water partition coefficient (Wildman–Crippen LogP) is 3.82. The van der Waals surface area contributed by atoms with Crippen LogP contribution in [0.4, 0.5) is 5.69 Å².